The van der Waals surface area contributed by atoms with Crippen LogP contribution in [0.5, 0.6) is 5.75 Å². The molecule has 3 amide bonds. The van der Waals surface area contributed by atoms with Crippen LogP contribution in [0.2, 0.25) is 0 Å². The number of rotatable bonds is 7. The van der Waals surface area contributed by atoms with Gasteiger partial charge in [0.25, 0.3) is 0 Å². The standard InChI is InChI=1S/C28H29F3N4O4/c1-17(2)11-23(34(26(38)28(29,30)31)15-18-7-6-8-20(12-18)39-3)24(36)35-16-27(13-19(35)14-32)21-9-4-5-10-22(21)33-25(27)37/h4-10,12,17,19,23H,11,13,15-16H2,1-3H3,(H,33,37)/t19-,23?,27-/m0/s1. The highest BCUT2D eigenvalue weighted by Crippen LogP contribution is 2.46. The Bertz CT molecular complexity index is 1320. The minimum absolute atomic E-state index is 0.00438. The molecular formula is C28H29F3N4O4. The lowest BCUT2D eigenvalue weighted by Crippen LogP contribution is -2.55. The van der Waals surface area contributed by atoms with E-state index in [-0.39, 0.29) is 31.2 Å². The number of methoxy groups -OCH3 is 1. The molecule has 1 fully saturated rings. The van der Waals surface area contributed by atoms with Crippen molar-refractivity contribution in [3.05, 3.63) is 59.7 Å². The zero-order valence-corrected chi connectivity index (χ0v) is 21.8. The Hall–Kier alpha value is -4.07. The van der Waals surface area contributed by atoms with E-state index >= 15 is 0 Å². The Balaban J connectivity index is 1.74. The third kappa shape index (κ3) is 5.28. The van der Waals surface area contributed by atoms with Gasteiger partial charge in [0.05, 0.1) is 18.6 Å². The van der Waals surface area contributed by atoms with Gasteiger partial charge in [-0.3, -0.25) is 14.4 Å². The first kappa shape index (κ1) is 28.0. The van der Waals surface area contributed by atoms with E-state index in [0.29, 0.717) is 27.5 Å². The molecule has 39 heavy (non-hydrogen) atoms. The Kier molecular flexibility index (Phi) is 7.59. The van der Waals surface area contributed by atoms with Crippen LogP contribution < -0.4 is 10.1 Å². The predicted molar refractivity (Wildman–Crippen MR) is 135 cm³/mol. The summed E-state index contributed by atoms with van der Waals surface area (Å²) in [6, 6.07) is 12.6. The fraction of sp³-hybridized carbons (Fsp3) is 0.429. The number of benzene rings is 2. The number of anilines is 1. The summed E-state index contributed by atoms with van der Waals surface area (Å²) in [5, 5.41) is 12.7. The Morgan fingerprint density at radius 3 is 2.59 bits per heavy atom. The third-order valence-corrected chi connectivity index (χ3v) is 7.26. The lowest BCUT2D eigenvalue weighted by Gasteiger charge is -2.36. The van der Waals surface area contributed by atoms with Crippen molar-refractivity contribution in [2.75, 3.05) is 19.0 Å². The topological polar surface area (TPSA) is 103 Å². The second-order valence-electron chi connectivity index (χ2n) is 10.3. The number of carbonyl (C=O) groups is 3. The van der Waals surface area contributed by atoms with Crippen LogP contribution in [0.3, 0.4) is 0 Å². The molecule has 0 aliphatic carbocycles. The number of halogens is 3. The van der Waals surface area contributed by atoms with E-state index in [2.05, 4.69) is 11.4 Å². The van der Waals surface area contributed by atoms with Gasteiger partial charge in [-0.2, -0.15) is 18.4 Å². The average Bonchev–Trinajstić information content (AvgIpc) is 3.42. The molecule has 4 rings (SSSR count). The molecule has 2 aliphatic rings. The highest BCUT2D eigenvalue weighted by molar-refractivity contribution is 6.07. The summed E-state index contributed by atoms with van der Waals surface area (Å²) >= 11 is 0. The molecule has 0 radical (unpaired) electrons. The summed E-state index contributed by atoms with van der Waals surface area (Å²) in [6.45, 7) is 2.78. The first-order chi connectivity index (χ1) is 18.4. The van der Waals surface area contributed by atoms with E-state index in [1.165, 1.54) is 13.2 Å². The van der Waals surface area contributed by atoms with Crippen LogP contribution in [0.1, 0.15) is 37.8 Å². The van der Waals surface area contributed by atoms with E-state index in [4.69, 9.17) is 4.74 Å². The highest BCUT2D eigenvalue weighted by atomic mass is 19.4. The Morgan fingerprint density at radius 2 is 1.95 bits per heavy atom. The molecule has 2 aromatic carbocycles. The average molecular weight is 543 g/mol. The molecule has 1 N–H and O–H groups in total. The molecule has 1 unspecified atom stereocenters. The van der Waals surface area contributed by atoms with Crippen LogP contribution >= 0.6 is 0 Å². The van der Waals surface area contributed by atoms with Gasteiger partial charge in [0.15, 0.2) is 0 Å². The van der Waals surface area contributed by atoms with E-state index in [9.17, 15) is 32.8 Å². The number of para-hydroxylation sites is 1. The molecule has 1 saturated heterocycles. The van der Waals surface area contributed by atoms with E-state index in [1.807, 2.05) is 0 Å². The van der Waals surface area contributed by atoms with Gasteiger partial charge in [-0.25, -0.2) is 0 Å². The maximum atomic E-state index is 14.1. The molecule has 1 spiro atoms. The maximum absolute atomic E-state index is 14.1. The van der Waals surface area contributed by atoms with Crippen LogP contribution in [0.15, 0.2) is 48.5 Å². The SMILES string of the molecule is COc1cccc(CN(C(=O)C(F)(F)F)C(CC(C)C)C(=O)N2C[C@]3(C[C@H]2C#N)C(=O)Nc2ccccc23)c1. The normalized spacial score (nSPS) is 20.9. The smallest absolute Gasteiger partial charge is 0.471 e. The first-order valence-corrected chi connectivity index (χ1v) is 12.5. The molecule has 0 saturated carbocycles. The van der Waals surface area contributed by atoms with E-state index in [1.54, 1.807) is 56.3 Å². The van der Waals surface area contributed by atoms with Gasteiger partial charge in [0.2, 0.25) is 11.8 Å². The zero-order chi connectivity index (χ0) is 28.5. The van der Waals surface area contributed by atoms with Crippen molar-refractivity contribution in [3.63, 3.8) is 0 Å². The molecule has 2 aliphatic heterocycles. The maximum Gasteiger partial charge on any atom is 0.471 e. The molecule has 8 nitrogen and oxygen atoms in total. The van der Waals surface area contributed by atoms with Crippen molar-refractivity contribution in [1.29, 1.82) is 5.26 Å². The lowest BCUT2D eigenvalue weighted by atomic mass is 9.80. The molecule has 11 heteroatoms. The van der Waals surface area contributed by atoms with Crippen LogP contribution in [-0.4, -0.2) is 59.4 Å². The summed E-state index contributed by atoms with van der Waals surface area (Å²) in [6.07, 6.45) is -5.32. The van der Waals surface area contributed by atoms with E-state index < -0.39 is 42.0 Å². The predicted octanol–water partition coefficient (Wildman–Crippen LogP) is 4.02. The number of nitrogens with one attached hydrogen (secondary N) is 1. The molecule has 2 aromatic rings. The second-order valence-corrected chi connectivity index (χ2v) is 10.3. The molecular weight excluding hydrogens is 513 g/mol. The van der Waals surface area contributed by atoms with Crippen molar-refractivity contribution >= 4 is 23.4 Å². The third-order valence-electron chi connectivity index (χ3n) is 7.26. The largest absolute Gasteiger partial charge is 0.497 e. The van der Waals surface area contributed by atoms with Crippen LogP contribution in [-0.2, 0) is 26.3 Å². The number of hydrogen-bond acceptors (Lipinski definition) is 5. The van der Waals surface area contributed by atoms with Crippen LogP contribution in [0.25, 0.3) is 0 Å². The monoisotopic (exact) mass is 542 g/mol. The number of ether oxygens (including phenoxy) is 1. The molecule has 0 bridgehead atoms. The number of amides is 3. The summed E-state index contributed by atoms with van der Waals surface area (Å²) in [4.78, 5) is 41.6. The zero-order valence-electron chi connectivity index (χ0n) is 21.8. The number of likely N-dealkylation sites (tertiary alicyclic amines) is 1. The quantitative estimate of drug-likeness (QED) is 0.570. The molecule has 206 valence electrons. The van der Waals surface area contributed by atoms with Crippen LogP contribution in [0.4, 0.5) is 18.9 Å². The van der Waals surface area contributed by atoms with Crippen molar-refractivity contribution in [1.82, 2.24) is 9.80 Å². The fourth-order valence-corrected chi connectivity index (χ4v) is 5.44. The number of alkyl halides is 3. The van der Waals surface area contributed by atoms with Crippen molar-refractivity contribution in [2.45, 2.75) is 56.9 Å². The van der Waals surface area contributed by atoms with Crippen LogP contribution in [0, 0.1) is 17.2 Å². The Labute approximate surface area is 224 Å². The van der Waals surface area contributed by atoms with Crippen molar-refractivity contribution in [3.8, 4) is 11.8 Å². The number of nitriles is 1. The van der Waals surface area contributed by atoms with Gasteiger partial charge in [-0.15, -0.1) is 0 Å². The van der Waals surface area contributed by atoms with Gasteiger partial charge in [-0.1, -0.05) is 44.2 Å². The van der Waals surface area contributed by atoms with E-state index in [0.717, 1.165) is 4.90 Å². The van der Waals surface area contributed by atoms with Crippen molar-refractivity contribution < 1.29 is 32.3 Å². The van der Waals surface area contributed by atoms with Gasteiger partial charge in [0.1, 0.15) is 17.8 Å². The van der Waals surface area contributed by atoms with Gasteiger partial charge in [0, 0.05) is 25.2 Å². The van der Waals surface area contributed by atoms with Gasteiger partial charge >= 0.3 is 12.1 Å². The fourth-order valence-electron chi connectivity index (χ4n) is 5.44. The summed E-state index contributed by atoms with van der Waals surface area (Å²) in [7, 11) is 1.41. The molecule has 2 heterocycles. The first-order valence-electron chi connectivity index (χ1n) is 12.5. The summed E-state index contributed by atoms with van der Waals surface area (Å²) < 4.78 is 46.7. The highest BCUT2D eigenvalue weighted by Gasteiger charge is 2.57. The van der Waals surface area contributed by atoms with Gasteiger partial charge < -0.3 is 19.9 Å². The molecule has 0 aromatic heterocycles. The Morgan fingerprint density at radius 1 is 1.23 bits per heavy atom. The van der Waals surface area contributed by atoms with Gasteiger partial charge in [-0.05, 0) is 41.7 Å². The minimum Gasteiger partial charge on any atom is -0.497 e. The number of hydrogen-bond donors (Lipinski definition) is 1. The number of nitrogens with zero attached hydrogens (tertiary/aromatic N) is 3. The lowest BCUT2D eigenvalue weighted by molar-refractivity contribution is -0.190. The molecule has 3 atom stereocenters. The summed E-state index contributed by atoms with van der Waals surface area (Å²) in [5.41, 5.74) is 0.331. The summed E-state index contributed by atoms with van der Waals surface area (Å²) in [5.74, 6) is -3.21. The number of fused-ring (bicyclic) bond motifs is 2. The number of carbonyl (C=O) groups excluding carboxylic acids is 3. The van der Waals surface area contributed by atoms with Crippen molar-refractivity contribution in [2.24, 2.45) is 5.92 Å². The minimum atomic E-state index is -5.24. The second kappa shape index (κ2) is 10.6.